The van der Waals surface area contributed by atoms with E-state index >= 15 is 0 Å². The van der Waals surface area contributed by atoms with Crippen molar-refractivity contribution >= 4 is 45.3 Å². The summed E-state index contributed by atoms with van der Waals surface area (Å²) in [4.78, 5) is 14.7. The van der Waals surface area contributed by atoms with Gasteiger partial charge in [-0.1, -0.05) is 23.2 Å². The van der Waals surface area contributed by atoms with Crippen LogP contribution in [-0.2, 0) is 11.2 Å². The number of hydrogen-bond donors (Lipinski definition) is 1. The zero-order valence-corrected chi connectivity index (χ0v) is 16.2. The number of unbranched alkanes of at least 4 members (excludes halogenated alkanes) is 1. The van der Waals surface area contributed by atoms with Crippen molar-refractivity contribution in [2.75, 3.05) is 12.4 Å². The molecule has 0 aliphatic heterocycles. The first-order valence-electron chi connectivity index (χ1n) is 8.12. The van der Waals surface area contributed by atoms with Crippen LogP contribution in [0.3, 0.4) is 0 Å². The van der Waals surface area contributed by atoms with Crippen LogP contribution >= 0.6 is 23.2 Å². The number of ether oxygens (including phenoxy) is 1. The molecule has 0 saturated heterocycles. The van der Waals surface area contributed by atoms with Gasteiger partial charge >= 0.3 is 0 Å². The molecule has 0 radical (unpaired) electrons. The normalized spacial score (nSPS) is 12.3. The molecule has 3 aromatic rings. The van der Waals surface area contributed by atoms with E-state index in [1.54, 1.807) is 24.3 Å². The van der Waals surface area contributed by atoms with Gasteiger partial charge in [0, 0.05) is 23.0 Å². The standard InChI is InChI=1S/C19H17Cl2NO3S/c20-16-6-5-15(12-17(16)21)26(24)10-2-1-9-25-14-4-7-18-13(11-14)3-8-19(23)22-18/h3-8,11-12H,1-2,9-10H2,(H,22,23). The number of benzene rings is 2. The lowest BCUT2D eigenvalue weighted by atomic mass is 10.2. The third-order valence-electron chi connectivity index (χ3n) is 3.84. The minimum Gasteiger partial charge on any atom is -0.611 e. The maximum absolute atomic E-state index is 12.3. The average molecular weight is 410 g/mol. The van der Waals surface area contributed by atoms with Crippen LogP contribution < -0.4 is 10.3 Å². The maximum Gasteiger partial charge on any atom is 0.248 e. The summed E-state index contributed by atoms with van der Waals surface area (Å²) in [6, 6.07) is 13.8. The van der Waals surface area contributed by atoms with Gasteiger partial charge in [-0.3, -0.25) is 4.79 Å². The lowest BCUT2D eigenvalue weighted by Gasteiger charge is -2.11. The van der Waals surface area contributed by atoms with Crippen molar-refractivity contribution in [3.63, 3.8) is 0 Å². The van der Waals surface area contributed by atoms with E-state index in [0.717, 1.165) is 29.5 Å². The van der Waals surface area contributed by atoms with Crippen LogP contribution in [0.4, 0.5) is 0 Å². The predicted molar refractivity (Wildman–Crippen MR) is 107 cm³/mol. The molecule has 0 bridgehead atoms. The molecule has 1 unspecified atom stereocenters. The Bertz CT molecular complexity index is 961. The summed E-state index contributed by atoms with van der Waals surface area (Å²) in [5, 5.41) is 1.79. The van der Waals surface area contributed by atoms with Crippen molar-refractivity contribution in [2.45, 2.75) is 17.7 Å². The number of nitrogens with one attached hydrogen (secondary N) is 1. The summed E-state index contributed by atoms with van der Waals surface area (Å²) in [5.41, 5.74) is 0.656. The molecule has 0 amide bonds. The van der Waals surface area contributed by atoms with Crippen LogP contribution in [0.1, 0.15) is 12.8 Å². The molecule has 26 heavy (non-hydrogen) atoms. The lowest BCUT2D eigenvalue weighted by molar-refractivity contribution is 0.310. The molecular weight excluding hydrogens is 393 g/mol. The van der Waals surface area contributed by atoms with Crippen LogP contribution in [0, 0.1) is 0 Å². The molecule has 4 nitrogen and oxygen atoms in total. The minimum atomic E-state index is -1.10. The second kappa shape index (κ2) is 8.82. The fourth-order valence-electron chi connectivity index (χ4n) is 2.48. The van der Waals surface area contributed by atoms with E-state index in [1.807, 2.05) is 18.2 Å². The molecule has 0 aliphatic carbocycles. The zero-order valence-electron chi connectivity index (χ0n) is 13.8. The molecule has 0 aliphatic rings. The fourth-order valence-corrected chi connectivity index (χ4v) is 4.02. The Morgan fingerprint density at radius 1 is 1.00 bits per heavy atom. The van der Waals surface area contributed by atoms with Crippen molar-refractivity contribution < 1.29 is 9.29 Å². The highest BCUT2D eigenvalue weighted by atomic mass is 35.5. The van der Waals surface area contributed by atoms with Crippen molar-refractivity contribution in [3.8, 4) is 5.75 Å². The van der Waals surface area contributed by atoms with Crippen LogP contribution in [0.15, 0.2) is 58.2 Å². The summed E-state index contributed by atoms with van der Waals surface area (Å²) < 4.78 is 18.0. The van der Waals surface area contributed by atoms with Gasteiger partial charge in [0.25, 0.3) is 0 Å². The lowest BCUT2D eigenvalue weighted by Crippen LogP contribution is -2.08. The Balaban J connectivity index is 1.46. The summed E-state index contributed by atoms with van der Waals surface area (Å²) >= 11 is 10.7. The van der Waals surface area contributed by atoms with Gasteiger partial charge in [0.2, 0.25) is 5.56 Å². The Morgan fingerprint density at radius 3 is 2.65 bits per heavy atom. The molecule has 2 aromatic carbocycles. The van der Waals surface area contributed by atoms with E-state index < -0.39 is 11.2 Å². The maximum atomic E-state index is 12.3. The van der Waals surface area contributed by atoms with Gasteiger partial charge < -0.3 is 14.3 Å². The second-order valence-corrected chi connectivity index (χ2v) is 8.14. The van der Waals surface area contributed by atoms with Crippen LogP contribution in [0.25, 0.3) is 10.9 Å². The summed E-state index contributed by atoms with van der Waals surface area (Å²) in [6.07, 6.45) is 1.56. The Hall–Kier alpha value is -1.66. The van der Waals surface area contributed by atoms with Gasteiger partial charge in [-0.05, 0) is 60.4 Å². The van der Waals surface area contributed by atoms with Gasteiger partial charge in [-0.2, -0.15) is 0 Å². The second-order valence-electron chi connectivity index (χ2n) is 5.75. The molecule has 1 N–H and O–H groups in total. The smallest absolute Gasteiger partial charge is 0.248 e. The fraction of sp³-hybridized carbons (Fsp3) is 0.211. The zero-order chi connectivity index (χ0) is 18.5. The highest BCUT2D eigenvalue weighted by Gasteiger charge is 2.12. The number of aromatic nitrogens is 1. The highest BCUT2D eigenvalue weighted by molar-refractivity contribution is 7.91. The first-order chi connectivity index (χ1) is 12.5. The van der Waals surface area contributed by atoms with Gasteiger partial charge in [0.15, 0.2) is 4.90 Å². The summed E-state index contributed by atoms with van der Waals surface area (Å²) in [7, 11) is 0. The van der Waals surface area contributed by atoms with E-state index in [1.165, 1.54) is 6.07 Å². The van der Waals surface area contributed by atoms with Gasteiger partial charge in [-0.25, -0.2) is 0 Å². The molecule has 7 heteroatoms. The quantitative estimate of drug-likeness (QED) is 0.450. The molecule has 1 atom stereocenters. The number of aromatic amines is 1. The van der Waals surface area contributed by atoms with Crippen molar-refractivity contribution in [1.82, 2.24) is 4.98 Å². The first kappa shape index (κ1) is 19.1. The SMILES string of the molecule is O=c1ccc2cc(OCCCC[S+]([O-])c3ccc(Cl)c(Cl)c3)ccc2[nH]1. The molecule has 0 saturated carbocycles. The van der Waals surface area contributed by atoms with Crippen molar-refractivity contribution in [2.24, 2.45) is 0 Å². The van der Waals surface area contributed by atoms with Gasteiger partial charge in [0.05, 0.1) is 16.7 Å². The number of fused-ring (bicyclic) bond motifs is 1. The summed E-state index contributed by atoms with van der Waals surface area (Å²) in [5.74, 6) is 1.29. The average Bonchev–Trinajstić information content (AvgIpc) is 2.63. The third kappa shape index (κ3) is 4.95. The Morgan fingerprint density at radius 2 is 1.85 bits per heavy atom. The molecule has 1 heterocycles. The monoisotopic (exact) mass is 409 g/mol. The molecule has 136 valence electrons. The minimum absolute atomic E-state index is 0.124. The van der Waals surface area contributed by atoms with Crippen molar-refractivity contribution in [1.29, 1.82) is 0 Å². The number of halogens is 2. The molecule has 0 fully saturated rings. The van der Waals surface area contributed by atoms with Gasteiger partial charge in [0.1, 0.15) is 11.5 Å². The number of rotatable bonds is 7. The molecule has 3 rings (SSSR count). The largest absolute Gasteiger partial charge is 0.611 e. The first-order valence-corrected chi connectivity index (χ1v) is 10.2. The van der Waals surface area contributed by atoms with E-state index in [0.29, 0.717) is 27.3 Å². The predicted octanol–water partition coefficient (Wildman–Crippen LogP) is 4.80. The van der Waals surface area contributed by atoms with E-state index in [9.17, 15) is 9.35 Å². The third-order valence-corrected chi connectivity index (χ3v) is 6.02. The number of H-pyrrole nitrogens is 1. The molecule has 1 aromatic heterocycles. The Labute approximate surface area is 164 Å². The van der Waals surface area contributed by atoms with Gasteiger partial charge in [-0.15, -0.1) is 0 Å². The van der Waals surface area contributed by atoms with E-state index in [2.05, 4.69) is 4.98 Å². The Kier molecular flexibility index (Phi) is 6.48. The molecular formula is C19H17Cl2NO3S. The van der Waals surface area contributed by atoms with E-state index in [4.69, 9.17) is 27.9 Å². The van der Waals surface area contributed by atoms with Crippen LogP contribution in [0.5, 0.6) is 5.75 Å². The highest BCUT2D eigenvalue weighted by Crippen LogP contribution is 2.25. The van der Waals surface area contributed by atoms with E-state index in [-0.39, 0.29) is 5.56 Å². The van der Waals surface area contributed by atoms with Crippen LogP contribution in [0.2, 0.25) is 10.0 Å². The van der Waals surface area contributed by atoms with Crippen LogP contribution in [-0.4, -0.2) is 21.9 Å². The number of hydrogen-bond acceptors (Lipinski definition) is 3. The summed E-state index contributed by atoms with van der Waals surface area (Å²) in [6.45, 7) is 0.535. The number of pyridine rings is 1. The van der Waals surface area contributed by atoms with Crippen molar-refractivity contribution in [3.05, 3.63) is 68.9 Å². The molecule has 0 spiro atoms. The topological polar surface area (TPSA) is 65.2 Å².